The van der Waals surface area contributed by atoms with E-state index in [4.69, 9.17) is 10.8 Å². The Morgan fingerprint density at radius 2 is 1.80 bits per heavy atom. The van der Waals surface area contributed by atoms with E-state index in [0.29, 0.717) is 19.3 Å². The molecule has 0 radical (unpaired) electrons. The molecule has 0 aliphatic carbocycles. The van der Waals surface area contributed by atoms with Crippen LogP contribution in [0.1, 0.15) is 39.5 Å². The van der Waals surface area contributed by atoms with Crippen LogP contribution in [0.5, 0.6) is 0 Å². The molecule has 15 heavy (non-hydrogen) atoms. The van der Waals surface area contributed by atoms with E-state index in [9.17, 15) is 9.59 Å². The van der Waals surface area contributed by atoms with Crippen molar-refractivity contribution >= 4 is 11.9 Å². The predicted molar refractivity (Wildman–Crippen MR) is 57.4 cm³/mol. The van der Waals surface area contributed by atoms with Crippen molar-refractivity contribution in [3.8, 4) is 0 Å². The number of hydrogen-bond acceptors (Lipinski definition) is 3. The van der Waals surface area contributed by atoms with Crippen molar-refractivity contribution in [3.63, 3.8) is 0 Å². The van der Waals surface area contributed by atoms with Gasteiger partial charge < -0.3 is 16.2 Å². The van der Waals surface area contributed by atoms with Gasteiger partial charge >= 0.3 is 5.97 Å². The molecule has 0 saturated carbocycles. The molecule has 5 nitrogen and oxygen atoms in total. The predicted octanol–water partition coefficient (Wildman–Crippen LogP) is 0.483. The zero-order chi connectivity index (χ0) is 11.8. The number of aliphatic carboxylic acids is 1. The van der Waals surface area contributed by atoms with E-state index in [1.54, 1.807) is 0 Å². The largest absolute Gasteiger partial charge is 0.480 e. The molecule has 0 rings (SSSR count). The van der Waals surface area contributed by atoms with Crippen LogP contribution in [0.2, 0.25) is 0 Å². The minimum atomic E-state index is -1.01. The summed E-state index contributed by atoms with van der Waals surface area (Å²) < 4.78 is 0. The quantitative estimate of drug-likeness (QED) is 0.577. The van der Waals surface area contributed by atoms with Gasteiger partial charge in [-0.05, 0) is 12.8 Å². The summed E-state index contributed by atoms with van der Waals surface area (Å²) in [7, 11) is 0. The van der Waals surface area contributed by atoms with Gasteiger partial charge in [0.25, 0.3) is 0 Å². The second-order valence-corrected chi connectivity index (χ2v) is 3.58. The lowest BCUT2D eigenvalue weighted by Crippen LogP contribution is -2.48. The van der Waals surface area contributed by atoms with Gasteiger partial charge in [-0.1, -0.05) is 26.7 Å². The molecular formula is C10H20N2O3. The number of carboxylic acid groups (broad SMARTS) is 1. The van der Waals surface area contributed by atoms with E-state index in [2.05, 4.69) is 5.32 Å². The van der Waals surface area contributed by atoms with Gasteiger partial charge in [0.1, 0.15) is 6.04 Å². The van der Waals surface area contributed by atoms with E-state index >= 15 is 0 Å². The number of nitrogens with two attached hydrogens (primary N) is 1. The fourth-order valence-corrected chi connectivity index (χ4v) is 1.27. The van der Waals surface area contributed by atoms with Crippen LogP contribution in [0.3, 0.4) is 0 Å². The summed E-state index contributed by atoms with van der Waals surface area (Å²) in [5.41, 5.74) is 5.57. The molecule has 0 fully saturated rings. The molecular weight excluding hydrogens is 196 g/mol. The van der Waals surface area contributed by atoms with Gasteiger partial charge in [0, 0.05) is 0 Å². The minimum absolute atomic E-state index is 0.377. The molecule has 0 aromatic heterocycles. The van der Waals surface area contributed by atoms with Crippen LogP contribution in [-0.4, -0.2) is 29.1 Å². The summed E-state index contributed by atoms with van der Waals surface area (Å²) in [6, 6.07) is -1.42. The topological polar surface area (TPSA) is 92.4 Å². The van der Waals surface area contributed by atoms with Crippen molar-refractivity contribution in [3.05, 3.63) is 0 Å². The maximum Gasteiger partial charge on any atom is 0.326 e. The van der Waals surface area contributed by atoms with Crippen molar-refractivity contribution in [2.75, 3.05) is 0 Å². The minimum Gasteiger partial charge on any atom is -0.480 e. The molecule has 0 aliphatic heterocycles. The van der Waals surface area contributed by atoms with E-state index in [1.165, 1.54) is 0 Å². The van der Waals surface area contributed by atoms with E-state index in [-0.39, 0.29) is 5.91 Å². The molecule has 2 atom stereocenters. The van der Waals surface area contributed by atoms with Crippen molar-refractivity contribution in [1.29, 1.82) is 0 Å². The number of carbonyl (C=O) groups is 2. The zero-order valence-electron chi connectivity index (χ0n) is 9.32. The van der Waals surface area contributed by atoms with Crippen molar-refractivity contribution in [2.45, 2.75) is 51.6 Å². The van der Waals surface area contributed by atoms with Gasteiger partial charge in [-0.25, -0.2) is 4.79 Å². The van der Waals surface area contributed by atoms with E-state index < -0.39 is 18.1 Å². The van der Waals surface area contributed by atoms with E-state index in [0.717, 1.165) is 6.42 Å². The monoisotopic (exact) mass is 216 g/mol. The summed E-state index contributed by atoms with van der Waals surface area (Å²) in [5, 5.41) is 11.2. The Kier molecular flexibility index (Phi) is 6.70. The third kappa shape index (κ3) is 5.37. The fraction of sp³-hybridized carbons (Fsp3) is 0.800. The van der Waals surface area contributed by atoms with Gasteiger partial charge in [0.05, 0.1) is 6.04 Å². The third-order valence-corrected chi connectivity index (χ3v) is 2.13. The lowest BCUT2D eigenvalue weighted by molar-refractivity contribution is -0.142. The Labute approximate surface area is 90.0 Å². The van der Waals surface area contributed by atoms with Gasteiger partial charge in [-0.3, -0.25) is 4.79 Å². The Balaban J connectivity index is 4.15. The maximum absolute atomic E-state index is 11.4. The smallest absolute Gasteiger partial charge is 0.326 e. The summed E-state index contributed by atoms with van der Waals surface area (Å²) >= 11 is 0. The van der Waals surface area contributed by atoms with Crippen molar-refractivity contribution in [1.82, 2.24) is 5.32 Å². The summed E-state index contributed by atoms with van der Waals surface area (Å²) in [6.45, 7) is 3.79. The highest BCUT2D eigenvalue weighted by Crippen LogP contribution is 1.99. The highest BCUT2D eigenvalue weighted by atomic mass is 16.4. The van der Waals surface area contributed by atoms with E-state index in [1.807, 2.05) is 13.8 Å². The SMILES string of the molecule is CCC[C@@H](N)C(=O)N[C@@H](CCC)C(=O)O. The Morgan fingerprint density at radius 3 is 2.20 bits per heavy atom. The average Bonchev–Trinajstić information content (AvgIpc) is 2.17. The molecule has 0 unspecified atom stereocenters. The lowest BCUT2D eigenvalue weighted by Gasteiger charge is -2.16. The summed E-state index contributed by atoms with van der Waals surface area (Å²) in [6.07, 6.45) is 2.52. The second kappa shape index (κ2) is 7.23. The van der Waals surface area contributed by atoms with Crippen LogP contribution in [0.15, 0.2) is 0 Å². The number of hydrogen-bond donors (Lipinski definition) is 3. The molecule has 0 saturated heterocycles. The molecule has 0 heterocycles. The van der Waals surface area contributed by atoms with Crippen molar-refractivity contribution in [2.24, 2.45) is 5.73 Å². The summed E-state index contributed by atoms with van der Waals surface area (Å²) in [5.74, 6) is -1.38. The number of carbonyl (C=O) groups excluding carboxylic acids is 1. The highest BCUT2D eigenvalue weighted by Gasteiger charge is 2.21. The molecule has 0 aromatic rings. The molecule has 88 valence electrons. The van der Waals surface area contributed by atoms with Crippen molar-refractivity contribution < 1.29 is 14.7 Å². The standard InChI is InChI=1S/C10H20N2O3/c1-3-5-7(11)9(13)12-8(6-4-2)10(14)15/h7-8H,3-6,11H2,1-2H3,(H,12,13)(H,14,15)/t7-,8+/m1/s1. The molecule has 0 bridgehead atoms. The van der Waals surface area contributed by atoms with Crippen LogP contribution in [0.25, 0.3) is 0 Å². The number of amides is 1. The first-order chi connectivity index (χ1) is 7.02. The molecule has 5 heteroatoms. The molecule has 1 amide bonds. The second-order valence-electron chi connectivity index (χ2n) is 3.58. The van der Waals surface area contributed by atoms with Crippen LogP contribution in [-0.2, 0) is 9.59 Å². The molecule has 4 N–H and O–H groups in total. The van der Waals surface area contributed by atoms with Crippen LogP contribution < -0.4 is 11.1 Å². The first-order valence-corrected chi connectivity index (χ1v) is 5.31. The van der Waals surface area contributed by atoms with Gasteiger partial charge in [0.2, 0.25) is 5.91 Å². The Hall–Kier alpha value is -1.10. The third-order valence-electron chi connectivity index (χ3n) is 2.13. The normalized spacial score (nSPS) is 14.3. The number of carboxylic acids is 1. The van der Waals surface area contributed by atoms with Crippen LogP contribution in [0.4, 0.5) is 0 Å². The molecule has 0 aliphatic rings. The first-order valence-electron chi connectivity index (χ1n) is 5.31. The van der Waals surface area contributed by atoms with Crippen LogP contribution in [0, 0.1) is 0 Å². The fourth-order valence-electron chi connectivity index (χ4n) is 1.27. The number of rotatable bonds is 7. The Bertz CT molecular complexity index is 219. The molecule has 0 spiro atoms. The summed E-state index contributed by atoms with van der Waals surface area (Å²) in [4.78, 5) is 22.2. The van der Waals surface area contributed by atoms with Gasteiger partial charge in [-0.15, -0.1) is 0 Å². The highest BCUT2D eigenvalue weighted by molar-refractivity contribution is 5.86. The van der Waals surface area contributed by atoms with Crippen LogP contribution >= 0.6 is 0 Å². The molecule has 0 aromatic carbocycles. The Morgan fingerprint density at radius 1 is 1.27 bits per heavy atom. The van der Waals surface area contributed by atoms with Gasteiger partial charge in [-0.2, -0.15) is 0 Å². The lowest BCUT2D eigenvalue weighted by atomic mass is 10.1. The maximum atomic E-state index is 11.4. The average molecular weight is 216 g/mol. The number of nitrogens with one attached hydrogen (secondary N) is 1. The zero-order valence-corrected chi connectivity index (χ0v) is 9.32. The first kappa shape index (κ1) is 13.9. The van der Waals surface area contributed by atoms with Gasteiger partial charge in [0.15, 0.2) is 0 Å².